The number of hydroxylamine groups is 1. The Kier molecular flexibility index (Phi) is 5.15. The van der Waals surface area contributed by atoms with E-state index in [1.807, 2.05) is 13.8 Å². The molecule has 0 atom stereocenters. The highest BCUT2D eigenvalue weighted by molar-refractivity contribution is 5.87. The van der Waals surface area contributed by atoms with E-state index in [-0.39, 0.29) is 22.9 Å². The Hall–Kier alpha value is -2.71. The maximum absolute atomic E-state index is 12.6. The predicted molar refractivity (Wildman–Crippen MR) is 109 cm³/mol. The molecule has 2 aromatic rings. The number of H-pyrrole nitrogens is 1. The minimum absolute atomic E-state index is 0.112. The Morgan fingerprint density at radius 2 is 2.00 bits per heavy atom. The Labute approximate surface area is 163 Å². The fourth-order valence-electron chi connectivity index (χ4n) is 3.39. The Morgan fingerprint density at radius 1 is 1.25 bits per heavy atom. The molecule has 3 N–H and O–H groups in total. The quantitative estimate of drug-likeness (QED) is 0.785. The Bertz CT molecular complexity index is 934. The van der Waals surface area contributed by atoms with Crippen LogP contribution in [0.4, 0.5) is 17.5 Å². The number of aromatic amines is 1. The molecule has 2 heterocycles. The molecule has 8 heteroatoms. The number of anilines is 2. The molecule has 1 aliphatic heterocycles. The monoisotopic (exact) mass is 383 g/mol. The second kappa shape index (κ2) is 7.73. The average Bonchev–Trinajstić information content (AvgIpc) is 3.49. The molecule has 1 saturated heterocycles. The summed E-state index contributed by atoms with van der Waals surface area (Å²) in [6.45, 7) is 5.92. The van der Waals surface area contributed by atoms with Crippen molar-refractivity contribution in [2.45, 2.75) is 32.6 Å². The van der Waals surface area contributed by atoms with Crippen molar-refractivity contribution < 1.29 is 9.57 Å². The third kappa shape index (κ3) is 3.93. The Balaban J connectivity index is 1.60. The van der Waals surface area contributed by atoms with E-state index in [1.54, 1.807) is 0 Å². The normalized spacial score (nSPS) is 17.9. The van der Waals surface area contributed by atoms with Gasteiger partial charge in [0.15, 0.2) is 0 Å². The molecule has 4 rings (SSSR count). The van der Waals surface area contributed by atoms with Crippen molar-refractivity contribution >= 4 is 23.7 Å². The summed E-state index contributed by atoms with van der Waals surface area (Å²) in [6, 6.07) is 4.37. The zero-order valence-corrected chi connectivity index (χ0v) is 16.2. The minimum atomic E-state index is -0.357. The van der Waals surface area contributed by atoms with Gasteiger partial charge in [0.2, 0.25) is 5.95 Å². The summed E-state index contributed by atoms with van der Waals surface area (Å²) in [5.74, 6) is 1.07. The van der Waals surface area contributed by atoms with Gasteiger partial charge in [0.1, 0.15) is 11.4 Å². The number of nitrogens with two attached hydrogens (primary N) is 1. The van der Waals surface area contributed by atoms with Gasteiger partial charge in [0.05, 0.1) is 32.1 Å². The van der Waals surface area contributed by atoms with Crippen LogP contribution >= 0.6 is 0 Å². The summed E-state index contributed by atoms with van der Waals surface area (Å²) >= 11 is 0. The number of nitrogens with one attached hydrogen (secondary N) is 1. The second-order valence-corrected chi connectivity index (χ2v) is 7.27. The third-order valence-electron chi connectivity index (χ3n) is 5.01. The van der Waals surface area contributed by atoms with Crippen LogP contribution in [0.2, 0.25) is 0 Å². The molecule has 1 aromatic heterocycles. The van der Waals surface area contributed by atoms with Crippen molar-refractivity contribution in [3.05, 3.63) is 44.7 Å². The fourth-order valence-corrected chi connectivity index (χ4v) is 3.39. The summed E-state index contributed by atoms with van der Waals surface area (Å²) in [6.07, 6.45) is 4.01. The van der Waals surface area contributed by atoms with Gasteiger partial charge in [-0.3, -0.25) is 19.6 Å². The zero-order chi connectivity index (χ0) is 19.7. The molecule has 0 radical (unpaired) electrons. The van der Waals surface area contributed by atoms with Crippen molar-refractivity contribution in [2.75, 3.05) is 37.2 Å². The van der Waals surface area contributed by atoms with Crippen molar-refractivity contribution in [1.29, 1.82) is 0 Å². The Morgan fingerprint density at radius 3 is 2.68 bits per heavy atom. The maximum atomic E-state index is 12.6. The van der Waals surface area contributed by atoms with Crippen LogP contribution in [0.3, 0.4) is 0 Å². The van der Waals surface area contributed by atoms with Gasteiger partial charge >= 0.3 is 0 Å². The van der Waals surface area contributed by atoms with Crippen LogP contribution in [0.25, 0.3) is 0 Å². The number of aryl methyl sites for hydroxylation is 2. The summed E-state index contributed by atoms with van der Waals surface area (Å²) in [4.78, 5) is 29.6. The molecule has 2 aliphatic rings. The first-order valence-electron chi connectivity index (χ1n) is 9.56. The van der Waals surface area contributed by atoms with E-state index in [1.165, 1.54) is 29.7 Å². The lowest BCUT2D eigenvalue weighted by Gasteiger charge is -2.19. The number of nitrogens with zero attached hydrogens (tertiary/aromatic N) is 3. The van der Waals surface area contributed by atoms with E-state index >= 15 is 0 Å². The van der Waals surface area contributed by atoms with E-state index in [9.17, 15) is 4.79 Å². The lowest BCUT2D eigenvalue weighted by Crippen LogP contribution is -2.30. The summed E-state index contributed by atoms with van der Waals surface area (Å²) < 4.78 is 5.33. The second-order valence-electron chi connectivity index (χ2n) is 7.27. The molecular formula is C20H25N5O3. The molecule has 28 heavy (non-hydrogen) atoms. The van der Waals surface area contributed by atoms with Crippen molar-refractivity contribution in [1.82, 2.24) is 9.97 Å². The van der Waals surface area contributed by atoms with Gasteiger partial charge in [0, 0.05) is 6.21 Å². The first-order chi connectivity index (χ1) is 13.5. The highest BCUT2D eigenvalue weighted by Gasteiger charge is 2.24. The van der Waals surface area contributed by atoms with E-state index in [0.29, 0.717) is 32.3 Å². The SMILES string of the molecule is Cc1cc(C2CC2)cc(C)c1N=Cc1c(N)nc(N2CCOCCO2)[nH]c1=O. The van der Waals surface area contributed by atoms with Crippen LogP contribution in [0.5, 0.6) is 0 Å². The summed E-state index contributed by atoms with van der Waals surface area (Å²) in [5, 5.41) is 1.50. The van der Waals surface area contributed by atoms with Crippen LogP contribution in [0.15, 0.2) is 21.9 Å². The minimum Gasteiger partial charge on any atom is -0.383 e. The number of nitrogen functional groups attached to an aromatic ring is 1. The van der Waals surface area contributed by atoms with Crippen molar-refractivity contribution in [2.24, 2.45) is 4.99 Å². The highest BCUT2D eigenvalue weighted by atomic mass is 16.7. The zero-order valence-electron chi connectivity index (χ0n) is 16.2. The molecule has 0 bridgehead atoms. The maximum Gasteiger partial charge on any atom is 0.263 e. The van der Waals surface area contributed by atoms with Crippen LogP contribution < -0.4 is 16.4 Å². The molecule has 8 nitrogen and oxygen atoms in total. The molecule has 0 unspecified atom stereocenters. The summed E-state index contributed by atoms with van der Waals surface area (Å²) in [5.41, 5.74) is 10.3. The largest absolute Gasteiger partial charge is 0.383 e. The van der Waals surface area contributed by atoms with Gasteiger partial charge in [-0.15, -0.1) is 0 Å². The molecule has 2 fully saturated rings. The van der Waals surface area contributed by atoms with Crippen LogP contribution in [-0.2, 0) is 9.57 Å². The van der Waals surface area contributed by atoms with E-state index < -0.39 is 0 Å². The summed E-state index contributed by atoms with van der Waals surface area (Å²) in [7, 11) is 0. The van der Waals surface area contributed by atoms with Gasteiger partial charge in [0.25, 0.3) is 5.56 Å². The van der Waals surface area contributed by atoms with E-state index in [2.05, 4.69) is 27.1 Å². The lowest BCUT2D eigenvalue weighted by molar-refractivity contribution is 0.0874. The number of benzene rings is 1. The van der Waals surface area contributed by atoms with Gasteiger partial charge in [-0.25, -0.2) is 5.06 Å². The molecule has 148 valence electrons. The fraction of sp³-hybridized carbons (Fsp3) is 0.450. The standard InChI is InChI=1S/C20H25N5O3/c1-12-9-15(14-3-4-14)10-13(2)17(12)22-11-16-18(21)23-20(24-19(16)26)25-5-6-27-7-8-28-25/h9-11,14H,3-8H2,1-2H3,(H3,21,23,24,26). The number of hydrogen-bond donors (Lipinski definition) is 2. The highest BCUT2D eigenvalue weighted by Crippen LogP contribution is 2.42. The van der Waals surface area contributed by atoms with Crippen LogP contribution in [0, 0.1) is 13.8 Å². The van der Waals surface area contributed by atoms with Gasteiger partial charge in [-0.1, -0.05) is 12.1 Å². The molecular weight excluding hydrogens is 358 g/mol. The lowest BCUT2D eigenvalue weighted by atomic mass is 10.0. The molecule has 1 aliphatic carbocycles. The smallest absolute Gasteiger partial charge is 0.263 e. The van der Waals surface area contributed by atoms with Crippen LogP contribution in [0.1, 0.15) is 41.0 Å². The van der Waals surface area contributed by atoms with Crippen molar-refractivity contribution in [3.63, 3.8) is 0 Å². The van der Waals surface area contributed by atoms with Gasteiger partial charge in [-0.2, -0.15) is 4.98 Å². The van der Waals surface area contributed by atoms with E-state index in [4.69, 9.17) is 15.3 Å². The molecule has 0 amide bonds. The van der Waals surface area contributed by atoms with E-state index in [0.717, 1.165) is 16.8 Å². The molecule has 0 spiro atoms. The first kappa shape index (κ1) is 18.6. The number of aliphatic imine (C=N–C) groups is 1. The van der Waals surface area contributed by atoms with Crippen LogP contribution in [-0.4, -0.2) is 42.5 Å². The van der Waals surface area contributed by atoms with Gasteiger partial charge in [-0.05, 0) is 49.3 Å². The number of rotatable bonds is 4. The predicted octanol–water partition coefficient (Wildman–Crippen LogP) is 2.37. The third-order valence-corrected chi connectivity index (χ3v) is 5.01. The number of ether oxygens (including phenoxy) is 1. The van der Waals surface area contributed by atoms with Crippen molar-refractivity contribution in [3.8, 4) is 0 Å². The topological polar surface area (TPSA) is 106 Å². The number of aromatic nitrogens is 2. The molecule has 1 saturated carbocycles. The first-order valence-corrected chi connectivity index (χ1v) is 9.56. The molecule has 1 aromatic carbocycles. The van der Waals surface area contributed by atoms with Gasteiger partial charge < -0.3 is 10.5 Å². The average molecular weight is 383 g/mol. The number of hydrogen-bond acceptors (Lipinski definition) is 7.